The van der Waals surface area contributed by atoms with Crippen LogP contribution in [-0.4, -0.2) is 265 Å². The number of aromatic carboxylic acids is 1. The summed E-state index contributed by atoms with van der Waals surface area (Å²) in [4.78, 5) is 122. The molecule has 0 saturated carbocycles. The third kappa shape index (κ3) is 22.8. The summed E-state index contributed by atoms with van der Waals surface area (Å²) in [7, 11) is 6.58. The second-order valence-corrected chi connectivity index (χ2v) is 35.1. The number of amides is 2. The molecule has 0 unspecified atom stereocenters. The number of imidazole rings is 2. The van der Waals surface area contributed by atoms with Gasteiger partial charge in [-0.05, 0) is 174 Å². The fourth-order valence-corrected chi connectivity index (χ4v) is 17.2. The summed E-state index contributed by atoms with van der Waals surface area (Å²) in [5.74, 6) is -2.77. The van der Waals surface area contributed by atoms with Crippen molar-refractivity contribution in [3.63, 3.8) is 0 Å². The van der Waals surface area contributed by atoms with Crippen molar-refractivity contribution in [3.05, 3.63) is 198 Å². The lowest BCUT2D eigenvalue weighted by molar-refractivity contribution is -0.159. The lowest BCUT2D eigenvalue weighted by Gasteiger charge is -2.48. The number of carbonyl (C=O) groups is 5. The van der Waals surface area contributed by atoms with E-state index in [1.54, 1.807) is 42.9 Å². The quantitative estimate of drug-likeness (QED) is 0.0417. The Hall–Kier alpha value is -14.6. The third-order valence-electron chi connectivity index (χ3n) is 23.7. The van der Waals surface area contributed by atoms with Gasteiger partial charge in [0.25, 0.3) is 5.91 Å². The van der Waals surface area contributed by atoms with Crippen molar-refractivity contribution in [3.8, 4) is 57.8 Å². The van der Waals surface area contributed by atoms with Gasteiger partial charge in [-0.2, -0.15) is 14.9 Å². The van der Waals surface area contributed by atoms with Crippen molar-refractivity contribution in [2.45, 2.75) is 93.8 Å². The molecule has 0 radical (unpaired) electrons. The molecule has 12 aromatic rings. The zero-order valence-electron chi connectivity index (χ0n) is 73.4. The van der Waals surface area contributed by atoms with E-state index >= 15 is 0 Å². The van der Waals surface area contributed by atoms with Gasteiger partial charge in [0.15, 0.2) is 34.4 Å². The number of carboxylic acid groups (broad SMARTS) is 3. The molecule has 8 saturated heterocycles. The first-order valence-electron chi connectivity index (χ1n) is 42.2. The number of ether oxygens (including phenoxy) is 1. The average Bonchev–Trinajstić information content (AvgIpc) is 1.56. The van der Waals surface area contributed by atoms with E-state index in [0.29, 0.717) is 62.1 Å². The van der Waals surface area contributed by atoms with Crippen LogP contribution in [0.2, 0.25) is 0 Å². The molecule has 40 heteroatoms. The molecule has 0 aliphatic carbocycles. The Kier molecular flexibility index (Phi) is 30.0. The number of halogens is 1. The highest BCUT2D eigenvalue weighted by Gasteiger charge is 2.50. The maximum Gasteiger partial charge on any atom is 0.414 e. The number of aryl methyl sites for hydroxylation is 2. The minimum atomic E-state index is -1.82. The normalized spacial score (nSPS) is 16.7. The highest BCUT2D eigenvalue weighted by atomic mass is 19.1. The molecular weight excluding hydrogens is 1690 g/mol. The van der Waals surface area contributed by atoms with Crippen LogP contribution in [0.4, 0.5) is 38.3 Å². The van der Waals surface area contributed by atoms with Crippen molar-refractivity contribution >= 4 is 70.3 Å². The molecule has 0 aromatic carbocycles. The molecule has 0 atom stereocenters. The molecule has 20 rings (SSSR count). The summed E-state index contributed by atoms with van der Waals surface area (Å²) in [6.07, 6.45) is 17.9. The predicted molar refractivity (Wildman–Crippen MR) is 491 cm³/mol. The molecule has 4 spiro atoms. The number of aromatic nitrogens is 14. The van der Waals surface area contributed by atoms with Crippen LogP contribution in [0.3, 0.4) is 0 Å². The van der Waals surface area contributed by atoms with E-state index in [-0.39, 0.29) is 79.3 Å². The third-order valence-corrected chi connectivity index (χ3v) is 23.7. The molecule has 8 aliphatic rings. The smallest absolute Gasteiger partial charge is 0.414 e. The van der Waals surface area contributed by atoms with Gasteiger partial charge in [0.1, 0.15) is 81.8 Å². The zero-order valence-corrected chi connectivity index (χ0v) is 73.4. The minimum Gasteiger partial charge on any atom is -0.476 e. The largest absolute Gasteiger partial charge is 0.476 e. The number of nitrogen functional groups attached to an aromatic ring is 2. The van der Waals surface area contributed by atoms with Gasteiger partial charge in [0.05, 0.1) is 30.3 Å². The van der Waals surface area contributed by atoms with Crippen LogP contribution in [0.15, 0.2) is 156 Å². The van der Waals surface area contributed by atoms with Crippen LogP contribution in [0, 0.1) is 64.1 Å². The summed E-state index contributed by atoms with van der Waals surface area (Å²) in [6, 6.07) is 32.9. The first-order chi connectivity index (χ1) is 62.2. The Morgan fingerprint density at radius 1 is 0.530 bits per heavy atom. The molecule has 692 valence electrons. The first kappa shape index (κ1) is 96.5. The number of carbonyl (C=O) groups excluding carboxylic acids is 2. The van der Waals surface area contributed by atoms with Crippen molar-refractivity contribution < 1.29 is 57.3 Å². The number of aliphatic carboxylic acids is 2. The van der Waals surface area contributed by atoms with Gasteiger partial charge >= 0.3 is 24.0 Å². The minimum absolute atomic E-state index is 0. The Morgan fingerprint density at radius 2 is 0.962 bits per heavy atom. The molecule has 20 heterocycles. The molecule has 2 amide bonds. The molecule has 12 aromatic heterocycles. The summed E-state index contributed by atoms with van der Waals surface area (Å²) in [5, 5.41) is 47.3. The number of fused-ring (bicyclic) bond motifs is 2. The molecule has 8 fully saturated rings. The van der Waals surface area contributed by atoms with Crippen molar-refractivity contribution in [2.75, 3.05) is 152 Å². The summed E-state index contributed by atoms with van der Waals surface area (Å²) >= 11 is 0. The number of rotatable bonds is 12. The number of nitrogens with two attached hydrogens (primary N) is 3. The number of nitrogens with zero attached hydrogens (tertiary/aromatic N) is 23. The molecular formula is C92H111FN28O11. The van der Waals surface area contributed by atoms with Gasteiger partial charge in [-0.3, -0.25) is 4.79 Å². The van der Waals surface area contributed by atoms with Crippen LogP contribution in [-0.2, 0) is 27.4 Å². The van der Waals surface area contributed by atoms with Crippen molar-refractivity contribution in [1.82, 2.24) is 98.8 Å². The molecule has 11 N–H and O–H groups in total. The van der Waals surface area contributed by atoms with Gasteiger partial charge in [-0.1, -0.05) is 39.1 Å². The van der Waals surface area contributed by atoms with Gasteiger partial charge in [0, 0.05) is 161 Å². The highest BCUT2D eigenvalue weighted by Crippen LogP contribution is 2.44. The van der Waals surface area contributed by atoms with Crippen LogP contribution in [0.25, 0.3) is 57.0 Å². The van der Waals surface area contributed by atoms with E-state index in [1.807, 2.05) is 103 Å². The SMILES string of the molecule is C.C.CC(C)(C)OC(=O)N1CCC2(CNC2)C1.CN1CCC2(C1)CN(c1cccc(C#N)n1)C2.CN1CCC2(C1)CN(c1cccc(CN)n1)C2.Cc1cnc2ccc(-c3nc(C(=O)NCc4cccc(N5CC6(CCN(C)C6)C5)n4)c(N)nc3-c3ncco3)cn12.Cc1cnc2ccc(-c3nc(C(=O)O)c(N)nc3-c3ncco3)cn12.N#Cc1cccc(F)n1.O=C(O)C(=O)O. The maximum atomic E-state index is 13.3. The Morgan fingerprint density at radius 3 is 1.36 bits per heavy atom. The summed E-state index contributed by atoms with van der Waals surface area (Å²) in [5.41, 5.74) is 27.2. The van der Waals surface area contributed by atoms with E-state index in [2.05, 4.69) is 134 Å². The Balaban J connectivity index is 0.000000149. The number of oxazole rings is 2. The number of likely N-dealkylation sites (tertiary alicyclic amines) is 4. The standard InChI is InChI=1S/C29H30N10O2.C16H12N6O3.C13H20N4.C13H16N4.C11H20N2O2.C6H3FN2.C2H2O4.2CH4/c1-18-12-32-21-7-6-19(14-39(18)21)23-24(28-31-9-11-41-28)36-26(30)25(35-23)27(40)33-13-20-4-3-5-22(34-20)38-16-29(17-38)8-10-37(2)15-29;1-8-6-19-10-3-2-9(7-22(8)10)11-12(15-18-4-5-25-15)21-14(17)13(20-11)16(23)24;2*1-16-6-5-13(8-16)9-17(10-13)12-4-2-3-11(7-14)15-12;1-10(2,3)15-9(14)13-5-4-11(8-13)6-12-7-11;7-6-3-1-2-5(4-8)9-6;3-1(4)2(5)6;;/h3-7,9,11-12,14H,8,10,13,15-17H2,1-2H3,(H2,30,36)(H,33,40);2-7H,1H3,(H2,17,21)(H,23,24);2-4H,5-10,14H2,1H3;2-4H,5-6,8-10H2,1H3;12H,4-8H2,1-3H3;1-3H;(H,3,4)(H,5,6);2*1H4. The summed E-state index contributed by atoms with van der Waals surface area (Å²) < 4.78 is 32.1. The lowest BCUT2D eigenvalue weighted by atomic mass is 9.79. The Bertz CT molecular complexity index is 6170. The van der Waals surface area contributed by atoms with Crippen molar-refractivity contribution in [2.24, 2.45) is 27.4 Å². The fourth-order valence-electron chi connectivity index (χ4n) is 17.2. The van der Waals surface area contributed by atoms with Crippen LogP contribution < -0.4 is 42.5 Å². The number of nitriles is 2. The molecule has 132 heavy (non-hydrogen) atoms. The average molecular weight is 1800 g/mol. The number of carboxylic acids is 3. The summed E-state index contributed by atoms with van der Waals surface area (Å²) in [6.45, 7) is 27.8. The monoisotopic (exact) mass is 1800 g/mol. The van der Waals surface area contributed by atoms with E-state index in [1.165, 1.54) is 88.6 Å². The number of hydrogen-bond acceptors (Lipinski definition) is 32. The first-order valence-corrected chi connectivity index (χ1v) is 42.2. The van der Waals surface area contributed by atoms with Gasteiger partial charge in [0.2, 0.25) is 17.7 Å². The topological polar surface area (TPSA) is 517 Å². The Labute approximate surface area is 762 Å². The van der Waals surface area contributed by atoms with Gasteiger partial charge < -0.3 is 99.8 Å². The predicted octanol–water partition coefficient (Wildman–Crippen LogP) is 9.35. The second-order valence-electron chi connectivity index (χ2n) is 35.1. The van der Waals surface area contributed by atoms with E-state index in [0.717, 1.165) is 136 Å². The maximum absolute atomic E-state index is 13.3. The van der Waals surface area contributed by atoms with Crippen molar-refractivity contribution in [1.29, 1.82) is 10.5 Å². The molecule has 39 nitrogen and oxygen atoms in total. The molecule has 0 bridgehead atoms. The van der Waals surface area contributed by atoms with Gasteiger partial charge in [-0.15, -0.1) is 0 Å². The highest BCUT2D eigenvalue weighted by molar-refractivity contribution is 6.27. The lowest BCUT2D eigenvalue weighted by Crippen LogP contribution is -2.57. The zero-order chi connectivity index (χ0) is 92.4. The molecule has 8 aliphatic heterocycles. The number of anilines is 5. The van der Waals surface area contributed by atoms with Crippen LogP contribution in [0.5, 0.6) is 0 Å². The fraction of sp³-hybridized carbons (Fsp3) is 0.402. The number of hydrogen-bond donors (Lipinski definition) is 8. The van der Waals surface area contributed by atoms with E-state index in [4.69, 9.17) is 66.1 Å². The van der Waals surface area contributed by atoms with E-state index < -0.39 is 29.8 Å². The van der Waals surface area contributed by atoms with Crippen LogP contribution >= 0.6 is 0 Å². The van der Waals surface area contributed by atoms with Crippen LogP contribution in [0.1, 0.15) is 116 Å². The van der Waals surface area contributed by atoms with Gasteiger partial charge in [-0.25, -0.2) is 79.0 Å². The van der Waals surface area contributed by atoms with E-state index in [9.17, 15) is 23.9 Å². The number of pyridine rings is 6. The second kappa shape index (κ2) is 41.0. The number of nitrogens with one attached hydrogen (secondary N) is 2.